The SMILES string of the molecule is Cc1cc(F)ccc1NC(=O)N1CCCC(CC(=O)O)C1. The molecule has 1 atom stereocenters. The van der Waals surface area contributed by atoms with Crippen LogP contribution < -0.4 is 5.32 Å². The predicted molar refractivity (Wildman–Crippen MR) is 76.7 cm³/mol. The number of carbonyl (C=O) groups is 2. The molecule has 1 aromatic carbocycles. The molecule has 2 amide bonds. The van der Waals surface area contributed by atoms with E-state index in [1.54, 1.807) is 11.8 Å². The highest BCUT2D eigenvalue weighted by molar-refractivity contribution is 5.90. The molecule has 2 N–H and O–H groups in total. The highest BCUT2D eigenvalue weighted by Crippen LogP contribution is 2.21. The van der Waals surface area contributed by atoms with Gasteiger partial charge in [0.25, 0.3) is 0 Å². The van der Waals surface area contributed by atoms with E-state index in [4.69, 9.17) is 5.11 Å². The molecule has 0 spiro atoms. The van der Waals surface area contributed by atoms with Crippen LogP contribution >= 0.6 is 0 Å². The molecular formula is C15H19FN2O3. The molecule has 1 unspecified atom stereocenters. The second kappa shape index (κ2) is 6.56. The van der Waals surface area contributed by atoms with Crippen LogP contribution in [0.15, 0.2) is 18.2 Å². The maximum Gasteiger partial charge on any atom is 0.321 e. The lowest BCUT2D eigenvalue weighted by atomic mass is 9.95. The number of carboxylic acid groups (broad SMARTS) is 1. The van der Waals surface area contributed by atoms with E-state index in [-0.39, 0.29) is 24.2 Å². The lowest BCUT2D eigenvalue weighted by Gasteiger charge is -2.32. The van der Waals surface area contributed by atoms with Crippen molar-refractivity contribution in [3.8, 4) is 0 Å². The van der Waals surface area contributed by atoms with E-state index in [1.165, 1.54) is 18.2 Å². The summed E-state index contributed by atoms with van der Waals surface area (Å²) in [5.41, 5.74) is 1.23. The van der Waals surface area contributed by atoms with Crippen molar-refractivity contribution in [3.05, 3.63) is 29.6 Å². The minimum Gasteiger partial charge on any atom is -0.481 e. The van der Waals surface area contributed by atoms with Gasteiger partial charge in [-0.2, -0.15) is 0 Å². The van der Waals surface area contributed by atoms with Gasteiger partial charge in [-0.25, -0.2) is 9.18 Å². The van der Waals surface area contributed by atoms with Gasteiger partial charge in [0, 0.05) is 25.2 Å². The summed E-state index contributed by atoms with van der Waals surface area (Å²) in [5.74, 6) is -1.18. The van der Waals surface area contributed by atoms with Gasteiger partial charge in [0.1, 0.15) is 5.82 Å². The minimum absolute atomic E-state index is 0.00341. The molecule has 2 rings (SSSR count). The number of anilines is 1. The number of likely N-dealkylation sites (tertiary alicyclic amines) is 1. The highest BCUT2D eigenvalue weighted by Gasteiger charge is 2.25. The summed E-state index contributed by atoms with van der Waals surface area (Å²) < 4.78 is 13.0. The summed E-state index contributed by atoms with van der Waals surface area (Å²) in [4.78, 5) is 24.6. The molecule has 1 aliphatic rings. The van der Waals surface area contributed by atoms with Gasteiger partial charge < -0.3 is 15.3 Å². The van der Waals surface area contributed by atoms with Crippen LogP contribution in [-0.2, 0) is 4.79 Å². The van der Waals surface area contributed by atoms with Crippen molar-refractivity contribution in [3.63, 3.8) is 0 Å². The van der Waals surface area contributed by atoms with Crippen molar-refractivity contribution < 1.29 is 19.1 Å². The maximum absolute atomic E-state index is 13.0. The zero-order chi connectivity index (χ0) is 15.4. The number of aryl methyl sites for hydroxylation is 1. The number of carboxylic acids is 1. The summed E-state index contributed by atoms with van der Waals surface area (Å²) in [6.45, 7) is 2.78. The van der Waals surface area contributed by atoms with E-state index in [1.807, 2.05) is 0 Å². The minimum atomic E-state index is -0.836. The largest absolute Gasteiger partial charge is 0.481 e. The molecule has 0 radical (unpaired) electrons. The monoisotopic (exact) mass is 294 g/mol. The average molecular weight is 294 g/mol. The summed E-state index contributed by atoms with van der Waals surface area (Å²) in [7, 11) is 0. The molecule has 5 nitrogen and oxygen atoms in total. The zero-order valence-corrected chi connectivity index (χ0v) is 11.9. The Morgan fingerprint density at radius 3 is 2.90 bits per heavy atom. The third-order valence-electron chi connectivity index (χ3n) is 3.70. The topological polar surface area (TPSA) is 69.6 Å². The van der Waals surface area contributed by atoms with Crippen LogP contribution in [0, 0.1) is 18.7 Å². The van der Waals surface area contributed by atoms with Gasteiger partial charge >= 0.3 is 12.0 Å². The fourth-order valence-corrected chi connectivity index (χ4v) is 2.62. The van der Waals surface area contributed by atoms with E-state index >= 15 is 0 Å². The number of urea groups is 1. The molecule has 0 aliphatic carbocycles. The fraction of sp³-hybridized carbons (Fsp3) is 0.467. The number of hydrogen-bond acceptors (Lipinski definition) is 2. The number of benzene rings is 1. The number of piperidine rings is 1. The van der Waals surface area contributed by atoms with Crippen molar-refractivity contribution in [2.75, 3.05) is 18.4 Å². The van der Waals surface area contributed by atoms with Crippen molar-refractivity contribution in [1.82, 2.24) is 4.90 Å². The van der Waals surface area contributed by atoms with Gasteiger partial charge in [-0.15, -0.1) is 0 Å². The van der Waals surface area contributed by atoms with Crippen molar-refractivity contribution in [2.45, 2.75) is 26.2 Å². The predicted octanol–water partition coefficient (Wildman–Crippen LogP) is 2.85. The first-order valence-corrected chi connectivity index (χ1v) is 6.99. The number of aliphatic carboxylic acids is 1. The van der Waals surface area contributed by atoms with Gasteiger partial charge in [-0.1, -0.05) is 0 Å². The lowest BCUT2D eigenvalue weighted by Crippen LogP contribution is -2.42. The van der Waals surface area contributed by atoms with E-state index in [9.17, 15) is 14.0 Å². The van der Waals surface area contributed by atoms with Gasteiger partial charge in [0.2, 0.25) is 0 Å². The third-order valence-corrected chi connectivity index (χ3v) is 3.70. The highest BCUT2D eigenvalue weighted by atomic mass is 19.1. The quantitative estimate of drug-likeness (QED) is 0.900. The normalized spacial score (nSPS) is 18.4. The first kappa shape index (κ1) is 15.3. The van der Waals surface area contributed by atoms with Crippen molar-refractivity contribution in [1.29, 1.82) is 0 Å². The van der Waals surface area contributed by atoms with Gasteiger partial charge in [0.05, 0.1) is 0 Å². The summed E-state index contributed by atoms with van der Waals surface area (Å²) >= 11 is 0. The lowest BCUT2D eigenvalue weighted by molar-refractivity contribution is -0.138. The Morgan fingerprint density at radius 1 is 1.48 bits per heavy atom. The molecule has 114 valence electrons. The van der Waals surface area contributed by atoms with Crippen molar-refractivity contribution >= 4 is 17.7 Å². The van der Waals surface area contributed by atoms with Gasteiger partial charge in [-0.3, -0.25) is 4.79 Å². The Hall–Kier alpha value is -2.11. The standard InChI is InChI=1S/C15H19FN2O3/c1-10-7-12(16)4-5-13(10)17-15(21)18-6-2-3-11(9-18)8-14(19)20/h4-5,7,11H,2-3,6,8-9H2,1H3,(H,17,21)(H,19,20). The van der Waals surface area contributed by atoms with Crippen LogP contribution in [0.3, 0.4) is 0 Å². The van der Waals surface area contributed by atoms with Crippen LogP contribution in [0.5, 0.6) is 0 Å². The number of halogens is 1. The molecule has 0 saturated carbocycles. The number of nitrogens with one attached hydrogen (secondary N) is 1. The Bertz CT molecular complexity index is 548. The van der Waals surface area contributed by atoms with E-state index < -0.39 is 5.97 Å². The molecule has 21 heavy (non-hydrogen) atoms. The second-order valence-corrected chi connectivity index (χ2v) is 5.44. The number of rotatable bonds is 3. The van der Waals surface area contributed by atoms with E-state index in [2.05, 4.69) is 5.32 Å². The average Bonchev–Trinajstić information content (AvgIpc) is 2.41. The Kier molecular flexibility index (Phi) is 4.77. The van der Waals surface area contributed by atoms with Crippen LogP contribution in [0.4, 0.5) is 14.9 Å². The number of hydrogen-bond donors (Lipinski definition) is 2. The Labute approximate surface area is 122 Å². The third kappa shape index (κ3) is 4.18. The van der Waals surface area contributed by atoms with Crippen LogP contribution in [0.2, 0.25) is 0 Å². The maximum atomic E-state index is 13.0. The van der Waals surface area contributed by atoms with Gasteiger partial charge in [0.15, 0.2) is 0 Å². The molecule has 1 saturated heterocycles. The number of nitrogens with zero attached hydrogens (tertiary/aromatic N) is 1. The molecule has 0 aromatic heterocycles. The summed E-state index contributed by atoms with van der Waals surface area (Å²) in [5, 5.41) is 11.6. The van der Waals surface area contributed by atoms with E-state index in [0.29, 0.717) is 24.3 Å². The molecule has 0 bridgehead atoms. The Morgan fingerprint density at radius 2 is 2.24 bits per heavy atom. The van der Waals surface area contributed by atoms with E-state index in [0.717, 1.165) is 12.8 Å². The second-order valence-electron chi connectivity index (χ2n) is 5.44. The molecule has 1 fully saturated rings. The number of amides is 2. The molecule has 6 heteroatoms. The molecule has 1 aliphatic heterocycles. The summed E-state index contributed by atoms with van der Waals surface area (Å²) in [6, 6.07) is 3.92. The van der Waals surface area contributed by atoms with Crippen LogP contribution in [-0.4, -0.2) is 35.1 Å². The van der Waals surface area contributed by atoms with Crippen LogP contribution in [0.25, 0.3) is 0 Å². The number of carbonyl (C=O) groups excluding carboxylic acids is 1. The smallest absolute Gasteiger partial charge is 0.321 e. The van der Waals surface area contributed by atoms with Crippen molar-refractivity contribution in [2.24, 2.45) is 5.92 Å². The van der Waals surface area contributed by atoms with Gasteiger partial charge in [-0.05, 0) is 49.4 Å². The Balaban J connectivity index is 1.97. The molecular weight excluding hydrogens is 275 g/mol. The molecule has 1 aromatic rings. The molecule has 1 heterocycles. The summed E-state index contributed by atoms with van der Waals surface area (Å²) in [6.07, 6.45) is 1.71. The first-order chi connectivity index (χ1) is 9.95. The first-order valence-electron chi connectivity index (χ1n) is 6.99. The zero-order valence-electron chi connectivity index (χ0n) is 11.9. The van der Waals surface area contributed by atoms with Crippen LogP contribution in [0.1, 0.15) is 24.8 Å². The fourth-order valence-electron chi connectivity index (χ4n) is 2.62.